The van der Waals surface area contributed by atoms with Crippen LogP contribution in [0.3, 0.4) is 0 Å². The summed E-state index contributed by atoms with van der Waals surface area (Å²) in [6.07, 6.45) is 18.1. The van der Waals surface area contributed by atoms with Crippen LogP contribution in [0.2, 0.25) is 0 Å². The Bertz CT molecular complexity index is 683. The minimum Gasteiger partial charge on any atom is -0.378 e. The van der Waals surface area contributed by atoms with Gasteiger partial charge in [-0.2, -0.15) is 0 Å². The normalized spacial score (nSPS) is 31.2. The summed E-state index contributed by atoms with van der Waals surface area (Å²) in [7, 11) is 0. The van der Waals surface area contributed by atoms with Gasteiger partial charge >= 0.3 is 0 Å². The molecule has 5 atom stereocenters. The predicted octanol–water partition coefficient (Wildman–Crippen LogP) is 7.99. The lowest BCUT2D eigenvalue weighted by atomic mass is 9.65. The Morgan fingerprint density at radius 1 is 0.900 bits per heavy atom. The molecule has 0 radical (unpaired) electrons. The summed E-state index contributed by atoms with van der Waals surface area (Å²) < 4.78 is 21.1. The van der Waals surface area contributed by atoms with E-state index in [0.29, 0.717) is 12.0 Å². The quantitative estimate of drug-likeness (QED) is 0.392. The van der Waals surface area contributed by atoms with Crippen molar-refractivity contribution in [3.63, 3.8) is 0 Å². The Balaban J connectivity index is 1.36. The summed E-state index contributed by atoms with van der Waals surface area (Å²) in [5, 5.41) is 0. The fourth-order valence-corrected chi connectivity index (χ4v) is 6.81. The van der Waals surface area contributed by atoms with E-state index in [1.54, 1.807) is 0 Å². The number of halogens is 1. The number of ether oxygens (including phenoxy) is 1. The van der Waals surface area contributed by atoms with E-state index < -0.39 is 0 Å². The summed E-state index contributed by atoms with van der Waals surface area (Å²) in [6, 6.07) is 4.22. The first-order chi connectivity index (χ1) is 14.7. The van der Waals surface area contributed by atoms with Gasteiger partial charge in [0, 0.05) is 6.61 Å². The van der Waals surface area contributed by atoms with Crippen LogP contribution in [0.1, 0.15) is 114 Å². The van der Waals surface area contributed by atoms with E-state index in [9.17, 15) is 0 Å². The lowest BCUT2D eigenvalue weighted by molar-refractivity contribution is -0.00969. The number of rotatable bonds is 8. The van der Waals surface area contributed by atoms with Crippen molar-refractivity contribution >= 4 is 0 Å². The highest BCUT2D eigenvalue weighted by Crippen LogP contribution is 2.47. The minimum absolute atomic E-state index is 0.0897. The molecule has 3 aliphatic carbocycles. The topological polar surface area (TPSA) is 9.23 Å². The van der Waals surface area contributed by atoms with Crippen LogP contribution in [0, 0.1) is 23.6 Å². The van der Waals surface area contributed by atoms with E-state index in [4.69, 9.17) is 4.74 Å². The van der Waals surface area contributed by atoms with Gasteiger partial charge < -0.3 is 4.74 Å². The van der Waals surface area contributed by atoms with Crippen molar-refractivity contribution in [2.75, 3.05) is 6.61 Å². The van der Waals surface area contributed by atoms with Crippen molar-refractivity contribution in [1.29, 1.82) is 0 Å². The van der Waals surface area contributed by atoms with Gasteiger partial charge in [-0.3, -0.25) is 0 Å². The predicted molar refractivity (Wildman–Crippen MR) is 124 cm³/mol. The fourth-order valence-electron chi connectivity index (χ4n) is 6.81. The molecule has 0 aliphatic heterocycles. The lowest BCUT2D eigenvalue weighted by Crippen LogP contribution is -2.34. The van der Waals surface area contributed by atoms with Crippen LogP contribution < -0.4 is 0 Å². The number of benzene rings is 1. The molecule has 4 rings (SSSR count). The Morgan fingerprint density at radius 3 is 2.57 bits per heavy atom. The highest BCUT2D eigenvalue weighted by atomic mass is 19.1. The van der Waals surface area contributed by atoms with Crippen molar-refractivity contribution in [2.45, 2.75) is 116 Å². The van der Waals surface area contributed by atoms with Crippen LogP contribution in [-0.2, 0) is 17.6 Å². The van der Waals surface area contributed by atoms with Crippen LogP contribution in [0.5, 0.6) is 0 Å². The molecule has 0 amide bonds. The summed E-state index contributed by atoms with van der Waals surface area (Å²) in [6.45, 7) is 5.22. The molecule has 0 heterocycles. The fraction of sp³-hybridized carbons (Fsp3) is 0.786. The Labute approximate surface area is 184 Å². The first-order valence-corrected chi connectivity index (χ1v) is 13.1. The van der Waals surface area contributed by atoms with Crippen molar-refractivity contribution in [3.8, 4) is 0 Å². The molecule has 2 fully saturated rings. The van der Waals surface area contributed by atoms with Crippen LogP contribution >= 0.6 is 0 Å². The molecule has 2 saturated carbocycles. The molecular formula is C28H43FO. The maximum absolute atomic E-state index is 15.2. The molecule has 168 valence electrons. The van der Waals surface area contributed by atoms with Crippen molar-refractivity contribution in [1.82, 2.24) is 0 Å². The molecule has 0 saturated heterocycles. The standard InChI is InChI=1S/C28H43FO/c1-3-5-6-7-8-20-9-10-23-18-27(28(29)19-25(23)15-20)24-12-11-22-17-26(30-4-2)14-13-21(22)16-24/h18-22,24,26H,3-17H2,1-2H3. The Kier molecular flexibility index (Phi) is 7.90. The molecule has 0 N–H and O–H groups in total. The molecule has 30 heavy (non-hydrogen) atoms. The van der Waals surface area contributed by atoms with Crippen molar-refractivity contribution < 1.29 is 9.13 Å². The van der Waals surface area contributed by atoms with Gasteiger partial charge in [0.15, 0.2) is 0 Å². The average Bonchev–Trinajstić information content (AvgIpc) is 2.76. The summed E-state index contributed by atoms with van der Waals surface area (Å²) in [5.74, 6) is 2.89. The molecule has 1 aromatic carbocycles. The van der Waals surface area contributed by atoms with E-state index in [-0.39, 0.29) is 5.82 Å². The van der Waals surface area contributed by atoms with Crippen LogP contribution in [0.25, 0.3) is 0 Å². The molecule has 1 nitrogen and oxygen atoms in total. The minimum atomic E-state index is 0.0897. The van der Waals surface area contributed by atoms with E-state index in [1.807, 2.05) is 6.07 Å². The number of unbranched alkanes of at least 4 members (excludes halogenated alkanes) is 3. The third-order valence-corrected chi connectivity index (χ3v) is 8.52. The second-order valence-electron chi connectivity index (χ2n) is 10.5. The molecule has 1 aromatic rings. The third-order valence-electron chi connectivity index (χ3n) is 8.52. The molecule has 5 unspecified atom stereocenters. The SMILES string of the molecule is CCCCCCC1CCc2cc(C3CCC4CC(OCC)CCC4C3)c(F)cc2C1. The highest BCUT2D eigenvalue weighted by Gasteiger charge is 2.37. The van der Waals surface area contributed by atoms with E-state index in [0.717, 1.165) is 49.2 Å². The van der Waals surface area contributed by atoms with Crippen molar-refractivity contribution in [3.05, 3.63) is 34.6 Å². The smallest absolute Gasteiger partial charge is 0.126 e. The second kappa shape index (κ2) is 10.6. The molecular weight excluding hydrogens is 371 g/mol. The third kappa shape index (κ3) is 5.29. The van der Waals surface area contributed by atoms with Crippen LogP contribution in [0.15, 0.2) is 12.1 Å². The zero-order valence-electron chi connectivity index (χ0n) is 19.4. The van der Waals surface area contributed by atoms with Crippen LogP contribution in [0.4, 0.5) is 4.39 Å². The van der Waals surface area contributed by atoms with Gasteiger partial charge in [-0.05, 0) is 111 Å². The monoisotopic (exact) mass is 414 g/mol. The Hall–Kier alpha value is -0.890. The molecule has 0 spiro atoms. The number of hydrogen-bond donors (Lipinski definition) is 0. The lowest BCUT2D eigenvalue weighted by Gasteiger charge is -2.42. The van der Waals surface area contributed by atoms with Gasteiger partial charge in [0.25, 0.3) is 0 Å². The zero-order chi connectivity index (χ0) is 20.9. The largest absolute Gasteiger partial charge is 0.378 e. The summed E-state index contributed by atoms with van der Waals surface area (Å²) in [5.41, 5.74) is 3.81. The van der Waals surface area contributed by atoms with Gasteiger partial charge in [-0.15, -0.1) is 0 Å². The van der Waals surface area contributed by atoms with Gasteiger partial charge in [0.05, 0.1) is 6.10 Å². The maximum Gasteiger partial charge on any atom is 0.126 e. The van der Waals surface area contributed by atoms with Gasteiger partial charge in [-0.25, -0.2) is 4.39 Å². The molecule has 0 bridgehead atoms. The molecule has 2 heteroatoms. The zero-order valence-corrected chi connectivity index (χ0v) is 19.4. The first kappa shape index (κ1) is 22.3. The van der Waals surface area contributed by atoms with E-state index in [1.165, 1.54) is 81.8 Å². The van der Waals surface area contributed by atoms with Gasteiger partial charge in [-0.1, -0.05) is 45.1 Å². The summed E-state index contributed by atoms with van der Waals surface area (Å²) >= 11 is 0. The molecule has 3 aliphatic rings. The van der Waals surface area contributed by atoms with E-state index in [2.05, 4.69) is 19.9 Å². The summed E-state index contributed by atoms with van der Waals surface area (Å²) in [4.78, 5) is 0. The highest BCUT2D eigenvalue weighted by molar-refractivity contribution is 5.37. The molecule has 0 aromatic heterocycles. The second-order valence-corrected chi connectivity index (χ2v) is 10.5. The average molecular weight is 415 g/mol. The maximum atomic E-state index is 15.2. The number of hydrogen-bond acceptors (Lipinski definition) is 1. The number of aryl methyl sites for hydroxylation is 1. The first-order valence-electron chi connectivity index (χ1n) is 13.1. The van der Waals surface area contributed by atoms with Crippen LogP contribution in [-0.4, -0.2) is 12.7 Å². The van der Waals surface area contributed by atoms with Gasteiger partial charge in [0.2, 0.25) is 0 Å². The van der Waals surface area contributed by atoms with Gasteiger partial charge in [0.1, 0.15) is 5.82 Å². The van der Waals surface area contributed by atoms with Crippen molar-refractivity contribution in [2.24, 2.45) is 17.8 Å². The number of fused-ring (bicyclic) bond motifs is 2. The Morgan fingerprint density at radius 2 is 1.73 bits per heavy atom. The van der Waals surface area contributed by atoms with E-state index >= 15 is 4.39 Å².